The number of benzene rings is 17. The van der Waals surface area contributed by atoms with E-state index in [-0.39, 0.29) is 47.6 Å². The molecule has 0 aliphatic carbocycles. The predicted molar refractivity (Wildman–Crippen MR) is 516 cm³/mol. The Kier molecular flexibility index (Phi) is 14.7. The van der Waals surface area contributed by atoms with Gasteiger partial charge in [-0.2, -0.15) is 0 Å². The number of hydrogen-bond donors (Lipinski definition) is 0. The maximum absolute atomic E-state index is 12.3. The summed E-state index contributed by atoms with van der Waals surface area (Å²) < 4.78 is 80.4. The summed E-state index contributed by atoms with van der Waals surface area (Å²) in [6, 6.07) is 119. The van der Waals surface area contributed by atoms with Crippen molar-refractivity contribution in [3.05, 3.63) is 393 Å². The fourth-order valence-corrected chi connectivity index (χ4v) is 19.8. The predicted octanol–water partition coefficient (Wildman–Crippen LogP) is 28.7. The van der Waals surface area contributed by atoms with E-state index in [9.17, 15) is 8.22 Å². The molecule has 17 aromatic carbocycles. The molecule has 121 heavy (non-hydrogen) atoms. The van der Waals surface area contributed by atoms with Crippen molar-refractivity contribution in [1.29, 1.82) is 0 Å². The third-order valence-corrected chi connectivity index (χ3v) is 25.6. The molecular weight excluding hydrogens is 1460 g/mol. The average molecular weight is 1560 g/mol. The first-order chi connectivity index (χ1) is 61.5. The lowest BCUT2D eigenvalue weighted by molar-refractivity contribution is 0.590. The van der Waals surface area contributed by atoms with Gasteiger partial charge in [-0.25, -0.2) is 0 Å². The first-order valence-electron chi connectivity index (χ1n) is 45.2. The highest BCUT2D eigenvalue weighted by molar-refractivity contribution is 7.00. The summed E-state index contributed by atoms with van der Waals surface area (Å²) in [6.07, 6.45) is 0. The van der Waals surface area contributed by atoms with Crippen molar-refractivity contribution >= 4 is 144 Å². The Morgan fingerprint density at radius 3 is 0.793 bits per heavy atom. The summed E-state index contributed by atoms with van der Waals surface area (Å²) >= 11 is 0. The zero-order valence-electron chi connectivity index (χ0n) is 75.1. The molecule has 2 aliphatic heterocycles. The van der Waals surface area contributed by atoms with Gasteiger partial charge in [-0.05, 0) is 181 Å². The van der Waals surface area contributed by atoms with Crippen LogP contribution in [0.2, 0.25) is 0 Å². The van der Waals surface area contributed by atoms with Crippen molar-refractivity contribution in [3.63, 3.8) is 0 Å². The van der Waals surface area contributed by atoms with Gasteiger partial charge in [0.25, 0.3) is 6.71 Å². The standard InChI is InChI=1S/C114H89BN6/c1-112(2,3)76-64-89(72-36-14-10-15-37-72)108(90(65-76)73-38-16-11-17-39-73)120-103-70-79(116-95-52-28-26-48-85(95)87-50-34-58-101(110(87)116)118-97-54-30-22-44-81(97)82-45-23-31-55-98(82)118)60-62-93(103)115-94-63-61-80(117-96-53-29-27-49-86(96)88-51-35-59-102(111(88)117)119-99-56-32-24-46-83(99)84-47-25-33-57-100(84)119)71-104(94)121(106-69-78(114(7,8)9)68-105(120)107(106)115)109-91(74-40-18-12-19-41-74)66-77(113(4,5)6)67-92(109)75-42-20-13-21-43-75/h10-71H,1-9H3/i60D,61D,62D,63D,70D,71D. The molecule has 6 nitrogen and oxygen atoms in total. The number of anilines is 6. The van der Waals surface area contributed by atoms with Gasteiger partial charge in [0, 0.05) is 99.5 Å². The summed E-state index contributed by atoms with van der Waals surface area (Å²) in [4.78, 5) is 4.61. The molecule has 2 aliphatic rings. The lowest BCUT2D eigenvalue weighted by Gasteiger charge is -2.47. The molecule has 6 heterocycles. The van der Waals surface area contributed by atoms with E-state index in [1.165, 1.54) is 0 Å². The average Bonchev–Trinajstić information content (AvgIpc) is 1.02. The third kappa shape index (κ3) is 11.1. The van der Waals surface area contributed by atoms with Crippen molar-refractivity contribution in [1.82, 2.24) is 18.3 Å². The molecular formula is C114H89BN6. The van der Waals surface area contributed by atoms with Gasteiger partial charge in [0.15, 0.2) is 0 Å². The lowest BCUT2D eigenvalue weighted by atomic mass is 9.33. The van der Waals surface area contributed by atoms with Crippen molar-refractivity contribution in [2.45, 2.75) is 78.6 Å². The van der Waals surface area contributed by atoms with Crippen molar-refractivity contribution in [2.24, 2.45) is 0 Å². The van der Waals surface area contributed by atoms with Gasteiger partial charge in [0.05, 0.1) is 75.1 Å². The molecule has 0 radical (unpaired) electrons. The molecule has 0 fully saturated rings. The quantitative estimate of drug-likeness (QED) is 0.128. The number of hydrogen-bond acceptors (Lipinski definition) is 2. The molecule has 21 aromatic rings. The second-order valence-electron chi connectivity index (χ2n) is 35.8. The monoisotopic (exact) mass is 1560 g/mol. The van der Waals surface area contributed by atoms with Gasteiger partial charge in [0.1, 0.15) is 0 Å². The minimum Gasteiger partial charge on any atom is -0.310 e. The Morgan fingerprint density at radius 2 is 0.496 bits per heavy atom. The smallest absolute Gasteiger partial charge is 0.252 e. The van der Waals surface area contributed by atoms with Gasteiger partial charge >= 0.3 is 0 Å². The summed E-state index contributed by atoms with van der Waals surface area (Å²) in [5.74, 6) is 0. The van der Waals surface area contributed by atoms with E-state index in [1.807, 2.05) is 12.1 Å². The Bertz CT molecular complexity index is 7530. The Morgan fingerprint density at radius 1 is 0.240 bits per heavy atom. The summed E-state index contributed by atoms with van der Waals surface area (Å²) in [5, 5.41) is 7.96. The maximum atomic E-state index is 12.3. The molecule has 578 valence electrons. The summed E-state index contributed by atoms with van der Waals surface area (Å²) in [5.41, 5.74) is 22.8. The first kappa shape index (κ1) is 65.6. The van der Waals surface area contributed by atoms with Crippen LogP contribution in [0.15, 0.2) is 376 Å². The van der Waals surface area contributed by atoms with Crippen molar-refractivity contribution in [3.8, 4) is 67.3 Å². The van der Waals surface area contributed by atoms with Crippen LogP contribution in [0.5, 0.6) is 0 Å². The molecule has 0 bridgehead atoms. The fourth-order valence-electron chi connectivity index (χ4n) is 19.8. The molecule has 0 N–H and O–H groups in total. The van der Waals surface area contributed by atoms with Gasteiger partial charge < -0.3 is 28.1 Å². The van der Waals surface area contributed by atoms with E-state index >= 15 is 0 Å². The molecule has 0 amide bonds. The summed E-state index contributed by atoms with van der Waals surface area (Å²) in [6.45, 7) is 19.1. The number of rotatable bonds is 10. The Hall–Kier alpha value is -14.4. The second kappa shape index (κ2) is 27.1. The van der Waals surface area contributed by atoms with Crippen LogP contribution in [-0.4, -0.2) is 25.0 Å². The second-order valence-corrected chi connectivity index (χ2v) is 35.8. The molecule has 4 aromatic heterocycles. The SMILES string of the molecule is [2H]c1c([2H])c(-n2c3ccccc3c3cccc(-n4c5ccccc5c5ccccc54)c32)c([2H])c2c1B1c3c(cc(C(C)(C)C)cc3N(c3c(-c4ccccc4)cc(C(C)(C)C)cc3-c3ccccc3)c3c([2H])c(-n4c5ccccc5c5cccc(-n6c7ccccc7c7ccccc76)c54)c([2H])c([2H])c31)N2c1c(-c2ccccc2)cc(C(C)(C)C)cc1-c1ccccc1. The van der Waals surface area contributed by atoms with Crippen LogP contribution < -0.4 is 26.2 Å². The van der Waals surface area contributed by atoms with Crippen LogP contribution in [0.3, 0.4) is 0 Å². The fraction of sp³-hybridized carbons (Fsp3) is 0.105. The Labute approximate surface area is 714 Å². The van der Waals surface area contributed by atoms with Gasteiger partial charge in [-0.3, -0.25) is 0 Å². The Balaban J connectivity index is 0.941. The highest BCUT2D eigenvalue weighted by Crippen LogP contribution is 2.57. The lowest BCUT2D eigenvalue weighted by Crippen LogP contribution is -2.61. The zero-order chi connectivity index (χ0) is 86.7. The van der Waals surface area contributed by atoms with Crippen LogP contribution in [0.4, 0.5) is 34.1 Å². The van der Waals surface area contributed by atoms with E-state index in [1.54, 1.807) is 0 Å². The highest BCUT2D eigenvalue weighted by atomic mass is 15.2. The van der Waals surface area contributed by atoms with E-state index < -0.39 is 23.0 Å². The van der Waals surface area contributed by atoms with Crippen LogP contribution in [-0.2, 0) is 16.2 Å². The molecule has 0 spiro atoms. The van der Waals surface area contributed by atoms with E-state index in [0.29, 0.717) is 39.1 Å². The number of fused-ring (bicyclic) bond motifs is 16. The molecule has 0 saturated carbocycles. The molecule has 0 atom stereocenters. The van der Waals surface area contributed by atoms with Gasteiger partial charge in [-0.15, -0.1) is 0 Å². The zero-order valence-corrected chi connectivity index (χ0v) is 69.1. The molecule has 0 saturated heterocycles. The topological polar surface area (TPSA) is 26.2 Å². The molecule has 23 rings (SSSR count). The summed E-state index contributed by atoms with van der Waals surface area (Å²) in [7, 11) is 0. The first-order valence-corrected chi connectivity index (χ1v) is 42.2. The number of aromatic nitrogens is 4. The number of nitrogens with zero attached hydrogens (tertiary/aromatic N) is 6. The van der Waals surface area contributed by atoms with E-state index in [4.69, 9.17) is 0 Å². The van der Waals surface area contributed by atoms with Crippen LogP contribution >= 0.6 is 0 Å². The van der Waals surface area contributed by atoms with Crippen LogP contribution in [0.25, 0.3) is 154 Å². The minimum atomic E-state index is -1.21. The van der Waals surface area contributed by atoms with Gasteiger partial charge in [-0.1, -0.05) is 329 Å². The van der Waals surface area contributed by atoms with E-state index in [2.05, 4.69) is 418 Å². The largest absolute Gasteiger partial charge is 0.310 e. The van der Waals surface area contributed by atoms with E-state index in [0.717, 1.165) is 171 Å². The molecule has 0 unspecified atom stereocenters. The van der Waals surface area contributed by atoms with Crippen molar-refractivity contribution in [2.75, 3.05) is 9.80 Å². The maximum Gasteiger partial charge on any atom is 0.252 e. The normalized spacial score (nSPS) is 13.6. The minimum absolute atomic E-state index is 0.0235. The highest BCUT2D eigenvalue weighted by Gasteiger charge is 2.47. The number of para-hydroxylation sites is 8. The van der Waals surface area contributed by atoms with Crippen LogP contribution in [0, 0.1) is 0 Å². The molecule has 7 heteroatoms. The van der Waals surface area contributed by atoms with Crippen molar-refractivity contribution < 1.29 is 8.22 Å². The van der Waals surface area contributed by atoms with Gasteiger partial charge in [0.2, 0.25) is 0 Å². The van der Waals surface area contributed by atoms with Crippen LogP contribution in [0.1, 0.15) is 87.2 Å². The third-order valence-electron chi connectivity index (χ3n) is 25.6.